The molecule has 5 nitrogen and oxygen atoms in total. The fourth-order valence-electron chi connectivity index (χ4n) is 1.36. The lowest BCUT2D eigenvalue weighted by atomic mass is 10.1. The van der Waals surface area contributed by atoms with Gasteiger partial charge in [0, 0.05) is 21.7 Å². The average molecular weight is 361 g/mol. The van der Waals surface area contributed by atoms with Gasteiger partial charge in [-0.15, -0.1) is 5.10 Å². The molecule has 2 aromatic rings. The van der Waals surface area contributed by atoms with Crippen molar-refractivity contribution in [3.05, 3.63) is 34.3 Å². The molecule has 0 saturated carbocycles. The highest BCUT2D eigenvalue weighted by Gasteiger charge is 2.49. The summed E-state index contributed by atoms with van der Waals surface area (Å²) in [7, 11) is -5.77. The van der Waals surface area contributed by atoms with E-state index in [9.17, 15) is 21.6 Å². The molecule has 1 aromatic carbocycles. The van der Waals surface area contributed by atoms with E-state index < -0.39 is 21.5 Å². The van der Waals surface area contributed by atoms with Crippen LogP contribution in [0, 0.1) is 0 Å². The number of aromatic nitrogens is 2. The van der Waals surface area contributed by atoms with Gasteiger partial charge in [0.25, 0.3) is 5.88 Å². The molecule has 1 heterocycles. The van der Waals surface area contributed by atoms with Crippen molar-refractivity contribution in [2.24, 2.45) is 0 Å². The summed E-state index contributed by atoms with van der Waals surface area (Å²) in [5, 5.41) is 6.24. The minimum absolute atomic E-state index is 0.187. The molecule has 1 N–H and O–H groups in total. The van der Waals surface area contributed by atoms with Crippen LogP contribution in [0.5, 0.6) is 5.88 Å². The summed E-state index contributed by atoms with van der Waals surface area (Å²) in [5.74, 6) is -0.751. The zero-order valence-electron chi connectivity index (χ0n) is 9.78. The largest absolute Gasteiger partial charge is 0.534 e. The highest BCUT2D eigenvalue weighted by atomic mass is 35.5. The molecule has 11 heteroatoms. The zero-order valence-corrected chi connectivity index (χ0v) is 12.1. The van der Waals surface area contributed by atoms with Crippen LogP contribution in [0.4, 0.5) is 13.2 Å². The summed E-state index contributed by atoms with van der Waals surface area (Å²) in [6, 6.07) is 5.35. The number of aromatic amines is 1. The third-order valence-corrected chi connectivity index (χ3v) is 3.60. The Morgan fingerprint density at radius 3 is 2.19 bits per heavy atom. The highest BCUT2D eigenvalue weighted by molar-refractivity contribution is 7.87. The Balaban J connectivity index is 2.31. The molecule has 0 radical (unpaired) electrons. The van der Waals surface area contributed by atoms with Gasteiger partial charge in [0.2, 0.25) is 0 Å². The van der Waals surface area contributed by atoms with Crippen molar-refractivity contribution in [2.45, 2.75) is 5.51 Å². The molecule has 0 aliphatic carbocycles. The summed E-state index contributed by atoms with van der Waals surface area (Å²) >= 11 is 11.6. The van der Waals surface area contributed by atoms with Crippen LogP contribution in [0.2, 0.25) is 10.0 Å². The predicted octanol–water partition coefficient (Wildman–Crippen LogP) is 3.61. The first-order valence-electron chi connectivity index (χ1n) is 5.11. The average Bonchev–Trinajstić information content (AvgIpc) is 2.73. The van der Waals surface area contributed by atoms with Crippen LogP contribution in [0.15, 0.2) is 24.3 Å². The second-order valence-electron chi connectivity index (χ2n) is 3.76. The van der Waals surface area contributed by atoms with Crippen molar-refractivity contribution < 1.29 is 25.8 Å². The van der Waals surface area contributed by atoms with E-state index in [4.69, 9.17) is 23.2 Å². The van der Waals surface area contributed by atoms with Gasteiger partial charge in [0.05, 0.1) is 5.69 Å². The summed E-state index contributed by atoms with van der Waals surface area (Å²) in [4.78, 5) is 0. The van der Waals surface area contributed by atoms with Crippen LogP contribution in [0.1, 0.15) is 0 Å². The second-order valence-corrected chi connectivity index (χ2v) is 6.17. The molecule has 0 aliphatic rings. The number of hydrogen-bond donors (Lipinski definition) is 1. The van der Waals surface area contributed by atoms with Gasteiger partial charge < -0.3 is 4.18 Å². The van der Waals surface area contributed by atoms with E-state index in [0.29, 0.717) is 5.56 Å². The molecule has 0 spiro atoms. The third kappa shape index (κ3) is 3.60. The predicted molar refractivity (Wildman–Crippen MR) is 69.6 cm³/mol. The zero-order chi connectivity index (χ0) is 15.8. The van der Waals surface area contributed by atoms with E-state index in [1.807, 2.05) is 0 Å². The SMILES string of the molecule is O=S(=O)(Oc1cc(-c2cc(Cl)cc(Cl)c2)[nH]n1)C(F)(F)F. The van der Waals surface area contributed by atoms with Crippen LogP contribution in [0.3, 0.4) is 0 Å². The number of halogens is 5. The van der Waals surface area contributed by atoms with Gasteiger partial charge in [0.15, 0.2) is 0 Å². The molecular formula is C10H5Cl2F3N2O3S. The van der Waals surface area contributed by atoms with Crippen LogP contribution >= 0.6 is 23.2 Å². The minimum Gasteiger partial charge on any atom is -0.354 e. The van der Waals surface area contributed by atoms with E-state index in [2.05, 4.69) is 14.4 Å². The van der Waals surface area contributed by atoms with Crippen LogP contribution in [-0.4, -0.2) is 24.1 Å². The maximum atomic E-state index is 12.2. The molecular weight excluding hydrogens is 356 g/mol. The lowest BCUT2D eigenvalue weighted by Gasteiger charge is -2.06. The van der Waals surface area contributed by atoms with Crippen molar-refractivity contribution in [1.82, 2.24) is 10.2 Å². The molecule has 0 saturated heterocycles. The van der Waals surface area contributed by atoms with Crippen molar-refractivity contribution in [1.29, 1.82) is 0 Å². The molecule has 0 unspecified atom stereocenters. The topological polar surface area (TPSA) is 72.1 Å². The van der Waals surface area contributed by atoms with Crippen molar-refractivity contribution >= 4 is 33.3 Å². The molecule has 0 atom stereocenters. The van der Waals surface area contributed by atoms with E-state index in [0.717, 1.165) is 6.07 Å². The first-order chi connectivity index (χ1) is 9.58. The van der Waals surface area contributed by atoms with Gasteiger partial charge in [0.1, 0.15) is 0 Å². The Labute approximate surface area is 126 Å². The van der Waals surface area contributed by atoms with E-state index >= 15 is 0 Å². The Hall–Kier alpha value is -1.45. The number of alkyl halides is 3. The summed E-state index contributed by atoms with van der Waals surface area (Å²) in [6.45, 7) is 0. The Kier molecular flexibility index (Phi) is 4.09. The van der Waals surface area contributed by atoms with Crippen LogP contribution in [0.25, 0.3) is 11.3 Å². The lowest BCUT2D eigenvalue weighted by molar-refractivity contribution is -0.0501. The fourth-order valence-corrected chi connectivity index (χ4v) is 2.29. The van der Waals surface area contributed by atoms with Gasteiger partial charge in [-0.3, -0.25) is 5.10 Å². The minimum atomic E-state index is -5.77. The lowest BCUT2D eigenvalue weighted by Crippen LogP contribution is -2.28. The van der Waals surface area contributed by atoms with Crippen molar-refractivity contribution in [2.75, 3.05) is 0 Å². The summed E-state index contributed by atoms with van der Waals surface area (Å²) in [6.07, 6.45) is 0. The van der Waals surface area contributed by atoms with Gasteiger partial charge in [-0.1, -0.05) is 23.2 Å². The Morgan fingerprint density at radius 2 is 1.67 bits per heavy atom. The van der Waals surface area contributed by atoms with Crippen molar-refractivity contribution in [3.8, 4) is 17.1 Å². The third-order valence-electron chi connectivity index (χ3n) is 2.21. The summed E-state index contributed by atoms with van der Waals surface area (Å²) < 4.78 is 62.0. The Morgan fingerprint density at radius 1 is 1.10 bits per heavy atom. The smallest absolute Gasteiger partial charge is 0.354 e. The van der Waals surface area contributed by atoms with E-state index in [1.165, 1.54) is 18.2 Å². The van der Waals surface area contributed by atoms with E-state index in [-0.39, 0.29) is 15.7 Å². The molecule has 114 valence electrons. The van der Waals surface area contributed by atoms with Crippen molar-refractivity contribution in [3.63, 3.8) is 0 Å². The maximum Gasteiger partial charge on any atom is 0.534 e. The standard InChI is InChI=1S/C10H5Cl2F3N2O3S/c11-6-1-5(2-7(12)3-6)8-4-9(17-16-8)20-21(18,19)10(13,14)15/h1-4H,(H,16,17). The summed E-state index contributed by atoms with van der Waals surface area (Å²) in [5.41, 5.74) is -4.95. The molecule has 0 fully saturated rings. The number of nitrogens with zero attached hydrogens (tertiary/aromatic N) is 1. The number of H-pyrrole nitrogens is 1. The highest BCUT2D eigenvalue weighted by Crippen LogP contribution is 2.30. The quantitative estimate of drug-likeness (QED) is 0.670. The van der Waals surface area contributed by atoms with Gasteiger partial charge in [-0.2, -0.15) is 21.6 Å². The number of nitrogens with one attached hydrogen (secondary N) is 1. The van der Waals surface area contributed by atoms with Crippen LogP contribution in [-0.2, 0) is 10.1 Å². The van der Waals surface area contributed by atoms with Gasteiger partial charge >= 0.3 is 15.6 Å². The number of rotatable bonds is 3. The second kappa shape index (κ2) is 5.39. The van der Waals surface area contributed by atoms with Gasteiger partial charge in [-0.05, 0) is 18.2 Å². The number of hydrogen-bond acceptors (Lipinski definition) is 4. The fraction of sp³-hybridized carbons (Fsp3) is 0.100. The normalized spacial score (nSPS) is 12.4. The molecule has 0 bridgehead atoms. The first-order valence-corrected chi connectivity index (χ1v) is 7.27. The Bertz CT molecular complexity index is 754. The van der Waals surface area contributed by atoms with Gasteiger partial charge in [-0.25, -0.2) is 0 Å². The van der Waals surface area contributed by atoms with E-state index in [1.54, 1.807) is 0 Å². The molecule has 0 aliphatic heterocycles. The monoisotopic (exact) mass is 360 g/mol. The first kappa shape index (κ1) is 15.9. The molecule has 21 heavy (non-hydrogen) atoms. The molecule has 1 aromatic heterocycles. The number of benzene rings is 1. The van der Waals surface area contributed by atoms with Crippen LogP contribution < -0.4 is 4.18 Å². The maximum absolute atomic E-state index is 12.2. The molecule has 0 amide bonds. The molecule has 2 rings (SSSR count).